The number of rotatable bonds is 4. The van der Waals surface area contributed by atoms with Crippen molar-refractivity contribution in [2.75, 3.05) is 14.2 Å². The number of hydroxylamine groups is 2. The molecule has 15 heavy (non-hydrogen) atoms. The molecular weight excluding hydrogens is 272 g/mol. The maximum absolute atomic E-state index is 11.3. The lowest BCUT2D eigenvalue weighted by molar-refractivity contribution is -0.166. The number of amides is 1. The van der Waals surface area contributed by atoms with E-state index in [1.165, 1.54) is 7.05 Å². The Kier molecular flexibility index (Phi) is 5.58. The molecule has 0 atom stereocenters. The molecule has 0 unspecified atom stereocenters. The van der Waals surface area contributed by atoms with Gasteiger partial charge in [0.25, 0.3) is 0 Å². The molecule has 0 saturated heterocycles. The van der Waals surface area contributed by atoms with E-state index >= 15 is 0 Å². The van der Waals surface area contributed by atoms with Crippen molar-refractivity contribution in [3.8, 4) is 0 Å². The number of carbonyl (C=O) groups is 1. The molecule has 0 aromatic heterocycles. The summed E-state index contributed by atoms with van der Waals surface area (Å²) in [6.07, 6.45) is 0. The van der Waals surface area contributed by atoms with E-state index in [4.69, 9.17) is 33.0 Å². The van der Waals surface area contributed by atoms with Gasteiger partial charge in [-0.15, -0.1) is 0 Å². The van der Waals surface area contributed by atoms with Crippen LogP contribution in [0, 0.1) is 0 Å². The molecule has 0 rings (SSSR count). The van der Waals surface area contributed by atoms with Gasteiger partial charge in [-0.3, -0.25) is 19.4 Å². The van der Waals surface area contributed by atoms with Gasteiger partial charge in [0.05, 0.1) is 7.11 Å². The number of phosphoric ester groups is 1. The summed E-state index contributed by atoms with van der Waals surface area (Å²) in [5, 5.41) is 0.635. The lowest BCUT2D eigenvalue weighted by Crippen LogP contribution is -2.27. The van der Waals surface area contributed by atoms with Gasteiger partial charge in [-0.2, -0.15) is 0 Å². The molecule has 0 aliphatic heterocycles. The van der Waals surface area contributed by atoms with E-state index in [-0.39, 0.29) is 0 Å². The van der Waals surface area contributed by atoms with Crippen LogP contribution in [-0.2, 0) is 18.7 Å². The van der Waals surface area contributed by atoms with Gasteiger partial charge in [-0.25, -0.2) is 9.63 Å². The highest BCUT2D eigenvalue weighted by Crippen LogP contribution is 2.41. The second kappa shape index (κ2) is 5.69. The summed E-state index contributed by atoms with van der Waals surface area (Å²) in [7, 11) is -2.57. The van der Waals surface area contributed by atoms with Gasteiger partial charge in [0.1, 0.15) is 0 Å². The van der Waals surface area contributed by atoms with Gasteiger partial charge in [0.15, 0.2) is 4.49 Å². The zero-order valence-corrected chi connectivity index (χ0v) is 10.1. The molecular formula is C5H8Cl2NO6P. The van der Waals surface area contributed by atoms with Crippen LogP contribution in [0.3, 0.4) is 0 Å². The van der Waals surface area contributed by atoms with Crippen molar-refractivity contribution >= 4 is 36.9 Å². The van der Waals surface area contributed by atoms with Crippen LogP contribution in [0.5, 0.6) is 0 Å². The van der Waals surface area contributed by atoms with Crippen LogP contribution in [0.1, 0.15) is 0 Å². The van der Waals surface area contributed by atoms with Crippen LogP contribution >= 0.6 is 31.0 Å². The number of hydrogen-bond donors (Lipinski definition) is 2. The quantitative estimate of drug-likeness (QED) is 0.341. The van der Waals surface area contributed by atoms with Gasteiger partial charge >= 0.3 is 13.7 Å². The molecule has 0 bridgehead atoms. The molecule has 0 aromatic rings. The zero-order valence-electron chi connectivity index (χ0n) is 7.68. The van der Waals surface area contributed by atoms with Crippen molar-refractivity contribution in [1.82, 2.24) is 5.06 Å². The minimum Gasteiger partial charge on any atom is -0.396 e. The highest BCUT2D eigenvalue weighted by atomic mass is 35.5. The highest BCUT2D eigenvalue weighted by Gasteiger charge is 2.28. The van der Waals surface area contributed by atoms with Gasteiger partial charge < -0.3 is 4.52 Å². The van der Waals surface area contributed by atoms with Crippen LogP contribution in [0.15, 0.2) is 10.3 Å². The summed E-state index contributed by atoms with van der Waals surface area (Å²) in [5.74, 6) is -1.92. The fourth-order valence-corrected chi connectivity index (χ4v) is 1.25. The topological polar surface area (TPSA) is 96.3 Å². The average Bonchev–Trinajstić information content (AvgIpc) is 2.10. The minimum absolute atomic E-state index is 0.635. The number of likely N-dealkylation sites (N-methyl/N-ethyl adjacent to an activating group) is 1. The molecule has 0 spiro atoms. The Hall–Kier alpha value is -0.300. The second-order valence-corrected chi connectivity index (χ2v) is 4.27. The van der Waals surface area contributed by atoms with Crippen molar-refractivity contribution in [2.45, 2.75) is 0 Å². The first-order chi connectivity index (χ1) is 6.69. The first kappa shape index (κ1) is 14.7. The van der Waals surface area contributed by atoms with Crippen LogP contribution in [0.25, 0.3) is 0 Å². The van der Waals surface area contributed by atoms with Crippen molar-refractivity contribution in [1.29, 1.82) is 0 Å². The largest absolute Gasteiger partial charge is 0.525 e. The number of carbonyl (C=O) groups excluding carboxylic acids is 1. The summed E-state index contributed by atoms with van der Waals surface area (Å²) >= 11 is 10.4. The third-order valence-corrected chi connectivity index (χ3v) is 1.90. The monoisotopic (exact) mass is 279 g/mol. The van der Waals surface area contributed by atoms with E-state index in [0.717, 1.165) is 7.11 Å². The second-order valence-electron chi connectivity index (χ2n) is 2.16. The van der Waals surface area contributed by atoms with Crippen LogP contribution in [0.4, 0.5) is 0 Å². The van der Waals surface area contributed by atoms with E-state index in [2.05, 4.69) is 9.36 Å². The van der Waals surface area contributed by atoms with Crippen molar-refractivity contribution in [2.24, 2.45) is 0 Å². The smallest absolute Gasteiger partial charge is 0.396 e. The number of phosphoric acid groups is 1. The van der Waals surface area contributed by atoms with Crippen molar-refractivity contribution in [3.63, 3.8) is 0 Å². The fourth-order valence-electron chi connectivity index (χ4n) is 0.499. The lowest BCUT2D eigenvalue weighted by atomic mass is 10.5. The molecule has 0 heterocycles. The first-order valence-electron chi connectivity index (χ1n) is 3.31. The average molecular weight is 280 g/mol. The maximum Gasteiger partial charge on any atom is 0.525 e. The first-order valence-corrected chi connectivity index (χ1v) is 5.60. The standard InChI is InChI=1S/C5H8Cl2NO6P/c1-8(13-2)5(9)3(4(6)7)14-15(10,11)12/h1-2H3,(H2,10,11,12). The molecule has 0 aliphatic rings. The summed E-state index contributed by atoms with van der Waals surface area (Å²) in [6, 6.07) is 0. The molecule has 0 saturated carbocycles. The molecule has 7 nitrogen and oxygen atoms in total. The van der Waals surface area contributed by atoms with E-state index in [9.17, 15) is 9.36 Å². The fraction of sp³-hybridized carbons (Fsp3) is 0.400. The van der Waals surface area contributed by atoms with Crippen LogP contribution < -0.4 is 0 Å². The van der Waals surface area contributed by atoms with Crippen LogP contribution in [0.2, 0.25) is 0 Å². The summed E-state index contributed by atoms with van der Waals surface area (Å²) in [6.45, 7) is 0. The van der Waals surface area contributed by atoms with E-state index < -0.39 is 24.0 Å². The SMILES string of the molecule is CON(C)C(=O)C(OP(=O)(O)O)=C(Cl)Cl. The number of halogens is 2. The Bertz CT molecular complexity index is 321. The Morgan fingerprint density at radius 1 is 1.40 bits per heavy atom. The Morgan fingerprint density at radius 2 is 1.87 bits per heavy atom. The molecule has 0 fully saturated rings. The third-order valence-electron chi connectivity index (χ3n) is 1.14. The van der Waals surface area contributed by atoms with Gasteiger partial charge in [0.2, 0.25) is 5.76 Å². The van der Waals surface area contributed by atoms with Crippen molar-refractivity contribution in [3.05, 3.63) is 10.3 Å². The maximum atomic E-state index is 11.3. The van der Waals surface area contributed by atoms with Gasteiger partial charge in [-0.1, -0.05) is 23.2 Å². The van der Waals surface area contributed by atoms with Gasteiger partial charge in [0, 0.05) is 7.05 Å². The summed E-state index contributed by atoms with van der Waals surface area (Å²) in [5.41, 5.74) is 0. The highest BCUT2D eigenvalue weighted by molar-refractivity contribution is 7.46. The number of hydrogen-bond acceptors (Lipinski definition) is 4. The Morgan fingerprint density at radius 3 is 2.13 bits per heavy atom. The predicted octanol–water partition coefficient (Wildman–Crippen LogP) is 0.762. The molecule has 0 aliphatic carbocycles. The molecule has 0 aromatic carbocycles. The molecule has 88 valence electrons. The minimum atomic E-state index is -4.91. The molecule has 1 amide bonds. The predicted molar refractivity (Wildman–Crippen MR) is 51.6 cm³/mol. The van der Waals surface area contributed by atoms with Gasteiger partial charge in [-0.05, 0) is 0 Å². The zero-order chi connectivity index (χ0) is 12.2. The van der Waals surface area contributed by atoms with Crippen molar-refractivity contribution < 1.29 is 28.5 Å². The third kappa shape index (κ3) is 5.36. The molecule has 2 N–H and O–H groups in total. The Labute approximate surface area is 95.4 Å². The normalized spacial score (nSPS) is 10.8. The van der Waals surface area contributed by atoms with E-state index in [1.54, 1.807) is 0 Å². The molecule has 0 radical (unpaired) electrons. The summed E-state index contributed by atoms with van der Waals surface area (Å²) < 4.78 is 13.8. The Balaban J connectivity index is 4.96. The lowest BCUT2D eigenvalue weighted by Gasteiger charge is -2.16. The summed E-state index contributed by atoms with van der Waals surface area (Å²) in [4.78, 5) is 32.7. The van der Waals surface area contributed by atoms with Crippen LogP contribution in [-0.4, -0.2) is 34.9 Å². The van der Waals surface area contributed by atoms with E-state index in [0.29, 0.717) is 5.06 Å². The molecule has 10 heteroatoms. The number of nitrogens with zero attached hydrogens (tertiary/aromatic N) is 1. The van der Waals surface area contributed by atoms with E-state index in [1.807, 2.05) is 0 Å².